The lowest BCUT2D eigenvalue weighted by Gasteiger charge is -2.29. The van der Waals surface area contributed by atoms with Crippen LogP contribution in [0.3, 0.4) is 0 Å². The lowest BCUT2D eigenvalue weighted by atomic mass is 9.85. The average molecular weight is 466 g/mol. The summed E-state index contributed by atoms with van der Waals surface area (Å²) in [6.45, 7) is 1.56. The van der Waals surface area contributed by atoms with Gasteiger partial charge in [0.2, 0.25) is 5.91 Å². The fraction of sp³-hybridized carbons (Fsp3) is 0.750. The van der Waals surface area contributed by atoms with E-state index < -0.39 is 0 Å². The Bertz CT molecular complexity index is 870. The Labute approximate surface area is 205 Å². The molecule has 0 radical (unpaired) electrons. The van der Waals surface area contributed by atoms with Gasteiger partial charge in [-0.2, -0.15) is 0 Å². The number of amidine groups is 1. The summed E-state index contributed by atoms with van der Waals surface area (Å²) in [5, 5.41) is 2.21. The smallest absolute Gasteiger partial charge is 0.222 e. The van der Waals surface area contributed by atoms with Crippen molar-refractivity contribution in [3.63, 3.8) is 0 Å². The van der Waals surface area contributed by atoms with Gasteiger partial charge in [0, 0.05) is 25.2 Å². The molecular formula is C28H43N5O. The van der Waals surface area contributed by atoms with Crippen LogP contribution in [0.1, 0.15) is 89.0 Å². The Kier molecular flexibility index (Phi) is 7.83. The number of hydrogen-bond acceptors (Lipinski definition) is 5. The van der Waals surface area contributed by atoms with E-state index in [0.717, 1.165) is 49.3 Å². The van der Waals surface area contributed by atoms with Crippen molar-refractivity contribution in [1.82, 2.24) is 15.4 Å². The number of hydrazine groups is 1. The summed E-state index contributed by atoms with van der Waals surface area (Å²) in [7, 11) is 0. The van der Waals surface area contributed by atoms with Crippen LogP contribution in [0.2, 0.25) is 0 Å². The first kappa shape index (κ1) is 23.8. The van der Waals surface area contributed by atoms with Gasteiger partial charge >= 0.3 is 0 Å². The maximum atomic E-state index is 12.3. The fourth-order valence-electron chi connectivity index (χ4n) is 7.19. The molecule has 6 unspecified atom stereocenters. The van der Waals surface area contributed by atoms with Gasteiger partial charge in [-0.15, -0.1) is 0 Å². The summed E-state index contributed by atoms with van der Waals surface area (Å²) in [5.74, 6) is 4.32. The van der Waals surface area contributed by atoms with E-state index in [2.05, 4.69) is 21.5 Å². The molecule has 34 heavy (non-hydrogen) atoms. The number of nitrogens with zero attached hydrogens (tertiary/aromatic N) is 3. The van der Waals surface area contributed by atoms with E-state index in [4.69, 9.17) is 10.7 Å². The van der Waals surface area contributed by atoms with Crippen LogP contribution in [0.4, 0.5) is 5.82 Å². The maximum absolute atomic E-state index is 12.3. The second kappa shape index (κ2) is 11.2. The van der Waals surface area contributed by atoms with Crippen molar-refractivity contribution >= 4 is 17.6 Å². The van der Waals surface area contributed by atoms with E-state index in [0.29, 0.717) is 18.4 Å². The molecule has 0 spiro atoms. The summed E-state index contributed by atoms with van der Waals surface area (Å²) in [6, 6.07) is 4.19. The molecule has 1 saturated carbocycles. The molecule has 2 bridgehead atoms. The summed E-state index contributed by atoms with van der Waals surface area (Å²) in [5.41, 5.74) is 10.7. The van der Waals surface area contributed by atoms with E-state index in [-0.39, 0.29) is 11.8 Å². The largest absolute Gasteiger partial charge is 0.369 e. The molecule has 4 aliphatic rings. The molecule has 5 rings (SSSR count). The van der Waals surface area contributed by atoms with Gasteiger partial charge < -0.3 is 11.2 Å². The van der Waals surface area contributed by atoms with E-state index in [1.807, 2.05) is 12.3 Å². The number of carbonyl (C=O) groups is 1. The topological polar surface area (TPSA) is 83.6 Å². The molecule has 3 aliphatic heterocycles. The molecule has 6 atom stereocenters. The van der Waals surface area contributed by atoms with Crippen LogP contribution in [0, 0.1) is 29.6 Å². The number of fused-ring (bicyclic) bond motifs is 5. The monoisotopic (exact) mass is 465 g/mol. The van der Waals surface area contributed by atoms with Crippen LogP contribution in [-0.4, -0.2) is 34.8 Å². The van der Waals surface area contributed by atoms with Crippen molar-refractivity contribution in [2.45, 2.75) is 89.9 Å². The highest BCUT2D eigenvalue weighted by Crippen LogP contribution is 2.39. The van der Waals surface area contributed by atoms with Crippen molar-refractivity contribution in [3.05, 3.63) is 23.9 Å². The summed E-state index contributed by atoms with van der Waals surface area (Å²) in [6.07, 6.45) is 20.1. The number of rotatable bonds is 1. The molecule has 1 aromatic rings. The van der Waals surface area contributed by atoms with Crippen LogP contribution >= 0.6 is 0 Å². The van der Waals surface area contributed by atoms with Gasteiger partial charge in [0.25, 0.3) is 0 Å². The van der Waals surface area contributed by atoms with Gasteiger partial charge in [-0.1, -0.05) is 76.7 Å². The zero-order valence-corrected chi connectivity index (χ0v) is 20.8. The summed E-state index contributed by atoms with van der Waals surface area (Å²) < 4.78 is 0. The third-order valence-electron chi connectivity index (χ3n) is 9.12. The van der Waals surface area contributed by atoms with Gasteiger partial charge in [-0.25, -0.2) is 15.0 Å². The van der Waals surface area contributed by atoms with Crippen molar-refractivity contribution < 1.29 is 4.79 Å². The zero-order chi connectivity index (χ0) is 23.3. The minimum atomic E-state index is -0.150. The minimum absolute atomic E-state index is 0.0677. The number of hydrogen-bond donors (Lipinski definition) is 2. The molecule has 3 fully saturated rings. The summed E-state index contributed by atoms with van der Waals surface area (Å²) >= 11 is 0. The number of aromatic nitrogens is 1. The molecule has 0 aromatic carbocycles. The van der Waals surface area contributed by atoms with Gasteiger partial charge in [0.05, 0.1) is 5.92 Å². The average Bonchev–Trinajstić information content (AvgIpc) is 3.45. The van der Waals surface area contributed by atoms with Gasteiger partial charge in [0.1, 0.15) is 5.84 Å². The standard InChI is InChI=1S/C28H43N5O/c29-26(34)25-19-33-18-24(25)12-6-2-4-10-21-14-7-13-20(21)9-3-1-5-11-23-17-22-15-8-16-30-27(22)31-28(23)32-33/h8,15-16,20-21,23-25H,1-7,9-14,17-19H2,(H2,29,34)(H,30,31,32). The van der Waals surface area contributed by atoms with Crippen molar-refractivity contribution in [2.24, 2.45) is 40.3 Å². The molecule has 4 heterocycles. The van der Waals surface area contributed by atoms with Gasteiger partial charge in [0.15, 0.2) is 5.82 Å². The molecule has 3 N–H and O–H groups in total. The Morgan fingerprint density at radius 2 is 1.56 bits per heavy atom. The third-order valence-corrected chi connectivity index (χ3v) is 9.12. The fourth-order valence-corrected chi connectivity index (χ4v) is 7.19. The van der Waals surface area contributed by atoms with E-state index in [1.165, 1.54) is 76.2 Å². The second-order valence-electron chi connectivity index (χ2n) is 11.4. The Hall–Kier alpha value is -1.95. The zero-order valence-electron chi connectivity index (χ0n) is 20.8. The highest BCUT2D eigenvalue weighted by Gasteiger charge is 2.37. The number of nitrogens with two attached hydrogens (primary N) is 1. The molecule has 1 aromatic heterocycles. The first-order valence-corrected chi connectivity index (χ1v) is 14.0. The highest BCUT2D eigenvalue weighted by molar-refractivity contribution is 5.88. The van der Waals surface area contributed by atoms with Gasteiger partial charge in [-0.05, 0) is 48.6 Å². The SMILES string of the molecule is NC(=O)C1CN2CC1CCCCCC1CCCC1CCCCCC1Cc3cccnc3N=C1N2. The number of primary amides is 1. The third kappa shape index (κ3) is 5.64. The molecule has 2 saturated heterocycles. The van der Waals surface area contributed by atoms with E-state index in [1.54, 1.807) is 0 Å². The number of carbonyl (C=O) groups excluding carboxylic acids is 1. The number of aliphatic imine (C=N–C) groups is 1. The maximum Gasteiger partial charge on any atom is 0.222 e. The van der Waals surface area contributed by atoms with Crippen molar-refractivity contribution in [1.29, 1.82) is 0 Å². The molecule has 186 valence electrons. The molecule has 6 nitrogen and oxygen atoms in total. The molecule has 1 aliphatic carbocycles. The quantitative estimate of drug-likeness (QED) is 0.601. The highest BCUT2D eigenvalue weighted by atomic mass is 16.1. The molecular weight excluding hydrogens is 422 g/mol. The number of amides is 1. The van der Waals surface area contributed by atoms with Crippen LogP contribution in [0.5, 0.6) is 0 Å². The van der Waals surface area contributed by atoms with E-state index in [9.17, 15) is 4.79 Å². The molecule has 1 amide bonds. The minimum Gasteiger partial charge on any atom is -0.369 e. The van der Waals surface area contributed by atoms with E-state index >= 15 is 0 Å². The Morgan fingerprint density at radius 3 is 2.29 bits per heavy atom. The Morgan fingerprint density at radius 1 is 0.882 bits per heavy atom. The Balaban J connectivity index is 1.31. The van der Waals surface area contributed by atoms with Crippen LogP contribution in [0.25, 0.3) is 0 Å². The number of pyridine rings is 1. The van der Waals surface area contributed by atoms with Crippen molar-refractivity contribution in [3.8, 4) is 0 Å². The number of nitrogens with one attached hydrogen (secondary N) is 1. The van der Waals surface area contributed by atoms with Gasteiger partial charge in [-0.3, -0.25) is 4.79 Å². The second-order valence-corrected chi connectivity index (χ2v) is 11.4. The lowest BCUT2D eigenvalue weighted by Crippen LogP contribution is -2.45. The predicted octanol–water partition coefficient (Wildman–Crippen LogP) is 5.15. The first-order chi connectivity index (χ1) is 16.7. The normalized spacial score (nSPS) is 35.0. The van der Waals surface area contributed by atoms with Crippen molar-refractivity contribution in [2.75, 3.05) is 13.1 Å². The summed E-state index contributed by atoms with van der Waals surface area (Å²) in [4.78, 5) is 21.7. The molecule has 6 heteroatoms. The predicted molar refractivity (Wildman–Crippen MR) is 136 cm³/mol. The van der Waals surface area contributed by atoms with Crippen LogP contribution < -0.4 is 11.2 Å². The lowest BCUT2D eigenvalue weighted by molar-refractivity contribution is -0.122. The van der Waals surface area contributed by atoms with Crippen LogP contribution in [-0.2, 0) is 11.2 Å². The van der Waals surface area contributed by atoms with Crippen LogP contribution in [0.15, 0.2) is 23.3 Å². The first-order valence-electron chi connectivity index (χ1n) is 14.0.